The van der Waals surface area contributed by atoms with Gasteiger partial charge in [0.05, 0.1) is 10.5 Å². The van der Waals surface area contributed by atoms with Crippen molar-refractivity contribution in [3.63, 3.8) is 0 Å². The molecule has 0 fully saturated rings. The van der Waals surface area contributed by atoms with Crippen LogP contribution in [0.2, 0.25) is 0 Å². The highest BCUT2D eigenvalue weighted by atomic mass is 79.9. The Kier molecular flexibility index (Phi) is 3.94. The Morgan fingerprint density at radius 1 is 1.35 bits per heavy atom. The maximum absolute atomic E-state index is 10.9. The second kappa shape index (κ2) is 5.66. The van der Waals surface area contributed by atoms with Gasteiger partial charge in [-0.1, -0.05) is 0 Å². The van der Waals surface area contributed by atoms with Crippen LogP contribution in [-0.2, 0) is 0 Å². The van der Waals surface area contributed by atoms with Gasteiger partial charge in [0.25, 0.3) is 0 Å². The molecule has 0 aliphatic carbocycles. The highest BCUT2D eigenvalue weighted by molar-refractivity contribution is 9.10. The first-order valence-electron chi connectivity index (χ1n) is 5.37. The first-order chi connectivity index (χ1) is 9.47. The van der Waals surface area contributed by atoms with Crippen molar-refractivity contribution in [1.82, 2.24) is 4.98 Å². The molecular formula is C12H8BrN3O4. The van der Waals surface area contributed by atoms with Gasteiger partial charge in [-0.05, 0) is 40.2 Å². The van der Waals surface area contributed by atoms with E-state index < -0.39 is 10.9 Å². The Balaban J connectivity index is 2.30. The van der Waals surface area contributed by atoms with Crippen LogP contribution in [0.3, 0.4) is 0 Å². The molecular weight excluding hydrogens is 330 g/mol. The number of benzene rings is 1. The number of nitrogens with one attached hydrogen (secondary N) is 1. The van der Waals surface area contributed by atoms with Gasteiger partial charge in [0.15, 0.2) is 0 Å². The largest absolute Gasteiger partial charge is 0.478 e. The minimum absolute atomic E-state index is 0.0845. The van der Waals surface area contributed by atoms with E-state index in [9.17, 15) is 14.9 Å². The number of nitrogens with zero attached hydrogens (tertiary/aromatic N) is 2. The molecule has 1 heterocycles. The van der Waals surface area contributed by atoms with Crippen LogP contribution in [0.5, 0.6) is 0 Å². The average molecular weight is 338 g/mol. The number of hydrogen-bond donors (Lipinski definition) is 2. The summed E-state index contributed by atoms with van der Waals surface area (Å²) in [6.45, 7) is 0. The minimum atomic E-state index is -1.04. The number of rotatable bonds is 4. The quantitative estimate of drug-likeness (QED) is 0.655. The molecule has 0 aliphatic rings. The van der Waals surface area contributed by atoms with Crippen molar-refractivity contribution in [2.75, 3.05) is 5.32 Å². The van der Waals surface area contributed by atoms with Gasteiger partial charge in [-0.2, -0.15) is 0 Å². The predicted molar refractivity (Wildman–Crippen MR) is 75.3 cm³/mol. The lowest BCUT2D eigenvalue weighted by Gasteiger charge is -2.06. The second-order valence-electron chi connectivity index (χ2n) is 3.79. The van der Waals surface area contributed by atoms with Gasteiger partial charge < -0.3 is 10.4 Å². The van der Waals surface area contributed by atoms with E-state index in [0.717, 1.165) is 0 Å². The number of pyridine rings is 1. The molecule has 102 valence electrons. The molecule has 0 amide bonds. The number of aromatic carboxylic acids is 1. The molecule has 0 atom stereocenters. The van der Waals surface area contributed by atoms with E-state index >= 15 is 0 Å². The summed E-state index contributed by atoms with van der Waals surface area (Å²) in [5.41, 5.74) is 0.462. The smallest absolute Gasteiger partial charge is 0.335 e. The lowest BCUT2D eigenvalue weighted by atomic mass is 10.2. The fraction of sp³-hybridized carbons (Fsp3) is 0. The maximum Gasteiger partial charge on any atom is 0.335 e. The molecule has 0 bridgehead atoms. The molecule has 20 heavy (non-hydrogen) atoms. The maximum atomic E-state index is 10.9. The minimum Gasteiger partial charge on any atom is -0.478 e. The molecule has 0 spiro atoms. The van der Waals surface area contributed by atoms with Crippen molar-refractivity contribution in [3.8, 4) is 0 Å². The number of carboxylic acid groups (broad SMARTS) is 1. The number of nitro groups is 1. The van der Waals surface area contributed by atoms with E-state index in [-0.39, 0.29) is 17.1 Å². The first-order valence-corrected chi connectivity index (χ1v) is 6.17. The Morgan fingerprint density at radius 3 is 2.55 bits per heavy atom. The summed E-state index contributed by atoms with van der Waals surface area (Å²) < 4.78 is 0.496. The van der Waals surface area contributed by atoms with E-state index in [1.54, 1.807) is 0 Å². The standard InChI is InChI=1S/C12H8BrN3O4/c13-8-5-10(16(19)20)11(14-6-8)15-9-3-1-7(2-4-9)12(17)18/h1-6H,(H,14,15)(H,17,18). The summed E-state index contributed by atoms with van der Waals surface area (Å²) in [7, 11) is 0. The molecule has 7 nitrogen and oxygen atoms in total. The number of halogens is 1. The summed E-state index contributed by atoms with van der Waals surface area (Å²) >= 11 is 3.12. The third-order valence-corrected chi connectivity index (χ3v) is 2.86. The molecule has 0 radical (unpaired) electrons. The highest BCUT2D eigenvalue weighted by Crippen LogP contribution is 2.28. The van der Waals surface area contributed by atoms with Crippen molar-refractivity contribution in [2.24, 2.45) is 0 Å². The zero-order valence-electron chi connectivity index (χ0n) is 9.91. The van der Waals surface area contributed by atoms with Crippen LogP contribution in [0.15, 0.2) is 41.0 Å². The summed E-state index contributed by atoms with van der Waals surface area (Å²) in [6.07, 6.45) is 1.43. The summed E-state index contributed by atoms with van der Waals surface area (Å²) in [4.78, 5) is 25.0. The summed E-state index contributed by atoms with van der Waals surface area (Å²) in [5.74, 6) is -0.953. The predicted octanol–water partition coefficient (Wildman–Crippen LogP) is 3.19. The van der Waals surface area contributed by atoms with E-state index in [1.807, 2.05) is 0 Å². The third kappa shape index (κ3) is 3.09. The van der Waals surface area contributed by atoms with Gasteiger partial charge >= 0.3 is 11.7 Å². The molecule has 2 N–H and O–H groups in total. The van der Waals surface area contributed by atoms with Crippen molar-refractivity contribution < 1.29 is 14.8 Å². The molecule has 0 saturated heterocycles. The van der Waals surface area contributed by atoms with Gasteiger partial charge in [-0.25, -0.2) is 9.78 Å². The van der Waals surface area contributed by atoms with Crippen molar-refractivity contribution in [3.05, 3.63) is 56.7 Å². The second-order valence-corrected chi connectivity index (χ2v) is 4.70. The van der Waals surface area contributed by atoms with Gasteiger partial charge in [0.1, 0.15) is 0 Å². The normalized spacial score (nSPS) is 10.1. The SMILES string of the molecule is O=C(O)c1ccc(Nc2ncc(Br)cc2[N+](=O)[O-])cc1. The molecule has 1 aromatic heterocycles. The van der Waals surface area contributed by atoms with E-state index in [0.29, 0.717) is 10.2 Å². The Morgan fingerprint density at radius 2 is 2.00 bits per heavy atom. The molecule has 0 aliphatic heterocycles. The van der Waals surface area contributed by atoms with Crippen molar-refractivity contribution in [1.29, 1.82) is 0 Å². The first kappa shape index (κ1) is 13.9. The number of aromatic nitrogens is 1. The lowest BCUT2D eigenvalue weighted by Crippen LogP contribution is -2.00. The number of hydrogen-bond acceptors (Lipinski definition) is 5. The van der Waals surface area contributed by atoms with Crippen LogP contribution in [0, 0.1) is 10.1 Å². The van der Waals surface area contributed by atoms with Gasteiger partial charge in [-0.15, -0.1) is 0 Å². The average Bonchev–Trinajstić information content (AvgIpc) is 2.41. The Labute approximate surface area is 121 Å². The lowest BCUT2D eigenvalue weighted by molar-refractivity contribution is -0.384. The van der Waals surface area contributed by atoms with Gasteiger partial charge in [0.2, 0.25) is 5.82 Å². The fourth-order valence-corrected chi connectivity index (χ4v) is 1.82. The molecule has 2 rings (SSSR count). The number of carboxylic acids is 1. The zero-order valence-corrected chi connectivity index (χ0v) is 11.5. The molecule has 2 aromatic rings. The van der Waals surface area contributed by atoms with Crippen molar-refractivity contribution >= 4 is 39.1 Å². The monoisotopic (exact) mass is 337 g/mol. The van der Waals surface area contributed by atoms with E-state index in [1.165, 1.54) is 36.5 Å². The van der Waals surface area contributed by atoms with E-state index in [2.05, 4.69) is 26.2 Å². The van der Waals surface area contributed by atoms with E-state index in [4.69, 9.17) is 5.11 Å². The van der Waals surface area contributed by atoms with Crippen LogP contribution >= 0.6 is 15.9 Å². The molecule has 0 saturated carbocycles. The van der Waals surface area contributed by atoms with Crippen LogP contribution < -0.4 is 5.32 Å². The van der Waals surface area contributed by atoms with Gasteiger partial charge in [-0.3, -0.25) is 10.1 Å². The fourth-order valence-electron chi connectivity index (χ4n) is 1.50. The number of carbonyl (C=O) groups is 1. The molecule has 8 heteroatoms. The Hall–Kier alpha value is -2.48. The topological polar surface area (TPSA) is 105 Å². The molecule has 1 aromatic carbocycles. The Bertz CT molecular complexity index is 673. The molecule has 0 unspecified atom stereocenters. The van der Waals surface area contributed by atoms with Crippen LogP contribution in [0.1, 0.15) is 10.4 Å². The zero-order chi connectivity index (χ0) is 14.7. The number of anilines is 2. The van der Waals surface area contributed by atoms with Crippen LogP contribution in [-0.4, -0.2) is 21.0 Å². The third-order valence-electron chi connectivity index (χ3n) is 2.43. The summed E-state index contributed by atoms with van der Waals surface area (Å²) in [6, 6.07) is 7.15. The summed E-state index contributed by atoms with van der Waals surface area (Å²) in [5, 5.41) is 22.5. The van der Waals surface area contributed by atoms with Crippen LogP contribution in [0.25, 0.3) is 0 Å². The van der Waals surface area contributed by atoms with Gasteiger partial charge in [0, 0.05) is 22.4 Å². The highest BCUT2D eigenvalue weighted by Gasteiger charge is 2.16. The van der Waals surface area contributed by atoms with Crippen LogP contribution in [0.4, 0.5) is 17.2 Å². The van der Waals surface area contributed by atoms with Crippen molar-refractivity contribution in [2.45, 2.75) is 0 Å².